The molecule has 0 radical (unpaired) electrons. The van der Waals surface area contributed by atoms with Gasteiger partial charge in [0.25, 0.3) is 0 Å². The van der Waals surface area contributed by atoms with Crippen LogP contribution in [0.1, 0.15) is 0 Å². The van der Waals surface area contributed by atoms with Gasteiger partial charge >= 0.3 is 5.97 Å². The van der Waals surface area contributed by atoms with Gasteiger partial charge in [0.1, 0.15) is 6.54 Å². The first-order chi connectivity index (χ1) is 8.65. The molecule has 0 bridgehead atoms. The van der Waals surface area contributed by atoms with E-state index in [1.54, 1.807) is 24.4 Å². The molecule has 2 aromatic rings. The van der Waals surface area contributed by atoms with Gasteiger partial charge in [-0.05, 0) is 18.2 Å². The minimum atomic E-state index is -0.966. The molecule has 0 saturated carbocycles. The van der Waals surface area contributed by atoms with E-state index in [-0.39, 0.29) is 12.5 Å². The Bertz CT molecular complexity index is 575. The molecule has 0 saturated heterocycles. The Balaban J connectivity index is 2.24. The molecule has 0 aliphatic carbocycles. The second kappa shape index (κ2) is 5.46. The predicted molar refractivity (Wildman–Crippen MR) is 68.6 cm³/mol. The fourth-order valence-electron chi connectivity index (χ4n) is 1.41. The molecule has 0 spiro atoms. The van der Waals surface area contributed by atoms with Crippen molar-refractivity contribution in [1.82, 2.24) is 9.97 Å². The van der Waals surface area contributed by atoms with Crippen LogP contribution in [0.2, 0.25) is 5.02 Å². The molecule has 2 N–H and O–H groups in total. The highest BCUT2D eigenvalue weighted by Crippen LogP contribution is 2.21. The van der Waals surface area contributed by atoms with Crippen molar-refractivity contribution in [2.45, 2.75) is 0 Å². The minimum absolute atomic E-state index is 0.223. The number of carboxylic acids is 1. The lowest BCUT2D eigenvalue weighted by atomic mass is 10.1. The van der Waals surface area contributed by atoms with Crippen LogP contribution in [0, 0.1) is 0 Å². The zero-order chi connectivity index (χ0) is 13.0. The predicted octanol–water partition coefficient (Wildman–Crippen LogP) is 2.29. The van der Waals surface area contributed by atoms with Gasteiger partial charge in [-0.2, -0.15) is 0 Å². The van der Waals surface area contributed by atoms with Crippen molar-refractivity contribution >= 4 is 23.5 Å². The Kier molecular flexibility index (Phi) is 3.74. The van der Waals surface area contributed by atoms with E-state index in [9.17, 15) is 4.79 Å². The first kappa shape index (κ1) is 12.3. The van der Waals surface area contributed by atoms with Crippen LogP contribution in [0.3, 0.4) is 0 Å². The van der Waals surface area contributed by atoms with Crippen molar-refractivity contribution in [2.24, 2.45) is 0 Å². The zero-order valence-corrected chi connectivity index (χ0v) is 10.1. The smallest absolute Gasteiger partial charge is 0.322 e. The van der Waals surface area contributed by atoms with Crippen LogP contribution in [0.4, 0.5) is 5.95 Å². The summed E-state index contributed by atoms with van der Waals surface area (Å²) in [5.74, 6) is -0.693. The molecule has 0 unspecified atom stereocenters. The quantitative estimate of drug-likeness (QED) is 0.885. The average Bonchev–Trinajstić information content (AvgIpc) is 2.37. The molecule has 92 valence electrons. The number of nitrogens with zero attached hydrogens (tertiary/aromatic N) is 2. The van der Waals surface area contributed by atoms with Crippen LogP contribution in [-0.2, 0) is 4.79 Å². The lowest BCUT2D eigenvalue weighted by Crippen LogP contribution is -2.14. The number of aliphatic carboxylic acids is 1. The van der Waals surface area contributed by atoms with Crippen molar-refractivity contribution in [3.05, 3.63) is 41.6 Å². The van der Waals surface area contributed by atoms with Gasteiger partial charge in [0, 0.05) is 16.8 Å². The maximum absolute atomic E-state index is 10.4. The Hall–Kier alpha value is -2.14. The number of hydrogen-bond donors (Lipinski definition) is 2. The molecular weight excluding hydrogens is 254 g/mol. The van der Waals surface area contributed by atoms with E-state index in [2.05, 4.69) is 15.3 Å². The number of carboxylic acid groups (broad SMARTS) is 1. The summed E-state index contributed by atoms with van der Waals surface area (Å²) in [5, 5.41) is 11.8. The molecule has 18 heavy (non-hydrogen) atoms. The van der Waals surface area contributed by atoms with E-state index >= 15 is 0 Å². The highest BCUT2D eigenvalue weighted by Gasteiger charge is 2.04. The first-order valence-corrected chi connectivity index (χ1v) is 5.57. The van der Waals surface area contributed by atoms with Crippen LogP contribution in [0.25, 0.3) is 11.3 Å². The third-order valence-corrected chi connectivity index (χ3v) is 2.41. The van der Waals surface area contributed by atoms with Gasteiger partial charge in [0.05, 0.1) is 5.69 Å². The summed E-state index contributed by atoms with van der Waals surface area (Å²) >= 11 is 5.90. The molecule has 0 aliphatic rings. The molecule has 1 heterocycles. The zero-order valence-electron chi connectivity index (χ0n) is 9.30. The monoisotopic (exact) mass is 263 g/mol. The lowest BCUT2D eigenvalue weighted by molar-refractivity contribution is -0.134. The Morgan fingerprint density at radius 3 is 2.94 bits per heavy atom. The molecule has 0 fully saturated rings. The molecule has 0 amide bonds. The number of nitrogens with one attached hydrogen (secondary N) is 1. The topological polar surface area (TPSA) is 75.1 Å². The second-order valence-electron chi connectivity index (χ2n) is 3.52. The highest BCUT2D eigenvalue weighted by atomic mass is 35.5. The number of rotatable bonds is 4. The van der Waals surface area contributed by atoms with Crippen LogP contribution in [-0.4, -0.2) is 27.6 Å². The highest BCUT2D eigenvalue weighted by molar-refractivity contribution is 6.30. The van der Waals surface area contributed by atoms with Gasteiger partial charge in [-0.15, -0.1) is 0 Å². The molecule has 0 aliphatic heterocycles. The van der Waals surface area contributed by atoms with E-state index < -0.39 is 5.97 Å². The third-order valence-electron chi connectivity index (χ3n) is 2.17. The van der Waals surface area contributed by atoms with Crippen molar-refractivity contribution in [3.63, 3.8) is 0 Å². The number of benzene rings is 1. The fourth-order valence-corrected chi connectivity index (χ4v) is 1.60. The Morgan fingerprint density at radius 1 is 1.39 bits per heavy atom. The van der Waals surface area contributed by atoms with Gasteiger partial charge in [0.2, 0.25) is 5.95 Å². The van der Waals surface area contributed by atoms with Gasteiger partial charge < -0.3 is 10.4 Å². The minimum Gasteiger partial charge on any atom is -0.480 e. The van der Waals surface area contributed by atoms with Crippen LogP contribution < -0.4 is 5.32 Å². The summed E-state index contributed by atoms with van der Waals surface area (Å²) < 4.78 is 0. The Labute approximate surface area is 108 Å². The van der Waals surface area contributed by atoms with Gasteiger partial charge in [-0.3, -0.25) is 4.79 Å². The van der Waals surface area contributed by atoms with Crippen molar-refractivity contribution < 1.29 is 9.90 Å². The van der Waals surface area contributed by atoms with Crippen LogP contribution in [0.5, 0.6) is 0 Å². The maximum Gasteiger partial charge on any atom is 0.322 e. The van der Waals surface area contributed by atoms with Gasteiger partial charge in [-0.1, -0.05) is 23.7 Å². The second-order valence-corrected chi connectivity index (χ2v) is 3.96. The Morgan fingerprint density at radius 2 is 2.22 bits per heavy atom. The number of aromatic nitrogens is 2. The summed E-state index contributed by atoms with van der Waals surface area (Å²) in [5.41, 5.74) is 1.53. The van der Waals surface area contributed by atoms with Crippen LogP contribution in [0.15, 0.2) is 36.5 Å². The molecule has 1 aromatic carbocycles. The van der Waals surface area contributed by atoms with E-state index in [1.165, 1.54) is 0 Å². The van der Waals surface area contributed by atoms with E-state index in [1.807, 2.05) is 12.1 Å². The summed E-state index contributed by atoms with van der Waals surface area (Å²) in [7, 11) is 0. The van der Waals surface area contributed by atoms with Crippen molar-refractivity contribution in [2.75, 3.05) is 11.9 Å². The molecule has 2 rings (SSSR count). The van der Waals surface area contributed by atoms with E-state index in [0.717, 1.165) is 5.56 Å². The average molecular weight is 264 g/mol. The number of anilines is 1. The normalized spacial score (nSPS) is 10.1. The summed E-state index contributed by atoms with van der Waals surface area (Å²) in [4.78, 5) is 18.6. The molecule has 6 heteroatoms. The molecule has 0 atom stereocenters. The maximum atomic E-state index is 10.4. The fraction of sp³-hybridized carbons (Fsp3) is 0.0833. The summed E-state index contributed by atoms with van der Waals surface area (Å²) in [6.45, 7) is -0.223. The standard InChI is InChI=1S/C12H10ClN3O2/c13-9-3-1-2-8(6-9)10-4-5-14-12(16-10)15-7-11(17)18/h1-6H,7H2,(H,17,18)(H,14,15,16). The summed E-state index contributed by atoms with van der Waals surface area (Å²) in [6, 6.07) is 8.98. The summed E-state index contributed by atoms with van der Waals surface area (Å²) in [6.07, 6.45) is 1.56. The molecule has 1 aromatic heterocycles. The molecule has 5 nitrogen and oxygen atoms in total. The van der Waals surface area contributed by atoms with Gasteiger partial charge in [-0.25, -0.2) is 9.97 Å². The first-order valence-electron chi connectivity index (χ1n) is 5.20. The van der Waals surface area contributed by atoms with Gasteiger partial charge in [0.15, 0.2) is 0 Å². The SMILES string of the molecule is O=C(O)CNc1nccc(-c2cccc(Cl)c2)n1. The van der Waals surface area contributed by atoms with Crippen LogP contribution >= 0.6 is 11.6 Å². The van der Waals surface area contributed by atoms with Crippen molar-refractivity contribution in [3.8, 4) is 11.3 Å². The molecular formula is C12H10ClN3O2. The van der Waals surface area contributed by atoms with E-state index in [4.69, 9.17) is 16.7 Å². The van der Waals surface area contributed by atoms with E-state index in [0.29, 0.717) is 10.7 Å². The van der Waals surface area contributed by atoms with Crippen molar-refractivity contribution in [1.29, 1.82) is 0 Å². The number of carbonyl (C=O) groups is 1. The number of halogens is 1. The third kappa shape index (κ3) is 3.18. The number of hydrogen-bond acceptors (Lipinski definition) is 4. The largest absolute Gasteiger partial charge is 0.480 e. The lowest BCUT2D eigenvalue weighted by Gasteiger charge is -2.04.